The van der Waals surface area contributed by atoms with E-state index in [1.54, 1.807) is 36.4 Å². The molecule has 2 amide bonds. The summed E-state index contributed by atoms with van der Waals surface area (Å²) in [5.74, 6) is -1.33. The van der Waals surface area contributed by atoms with Crippen LogP contribution < -0.4 is 16.4 Å². The third-order valence-corrected chi connectivity index (χ3v) is 5.04. The number of nitrogens with zero attached hydrogens (tertiary/aromatic N) is 1. The van der Waals surface area contributed by atoms with E-state index in [4.69, 9.17) is 34.7 Å². The molecule has 140 valence electrons. The van der Waals surface area contributed by atoms with Crippen LogP contribution in [0.2, 0.25) is 10.0 Å². The zero-order chi connectivity index (χ0) is 19.8. The number of aliphatic hydroxyl groups is 1. The summed E-state index contributed by atoms with van der Waals surface area (Å²) in [6.07, 6.45) is 3.37. The molecule has 1 atom stereocenters. The van der Waals surface area contributed by atoms with Crippen molar-refractivity contribution in [1.29, 1.82) is 0 Å². The fourth-order valence-corrected chi connectivity index (χ4v) is 3.80. The topological polar surface area (TPSA) is 110 Å². The van der Waals surface area contributed by atoms with Gasteiger partial charge < -0.3 is 21.5 Å². The molecule has 0 saturated heterocycles. The van der Waals surface area contributed by atoms with Crippen molar-refractivity contribution in [2.75, 3.05) is 18.0 Å². The van der Waals surface area contributed by atoms with Crippen molar-refractivity contribution in [3.63, 3.8) is 0 Å². The Labute approximate surface area is 166 Å². The molecular formula is C19H17Cl2N3O3. The van der Waals surface area contributed by atoms with Crippen molar-refractivity contribution in [3.05, 3.63) is 75.3 Å². The first kappa shape index (κ1) is 19.4. The maximum atomic E-state index is 13.2. The van der Waals surface area contributed by atoms with E-state index in [9.17, 15) is 14.7 Å². The van der Waals surface area contributed by atoms with Crippen LogP contribution in [0.4, 0.5) is 5.69 Å². The van der Waals surface area contributed by atoms with Crippen LogP contribution in [0.1, 0.15) is 21.5 Å². The molecule has 0 aromatic heterocycles. The molecule has 0 aliphatic carbocycles. The number of benzene rings is 2. The second-order valence-corrected chi connectivity index (χ2v) is 6.84. The van der Waals surface area contributed by atoms with Gasteiger partial charge in [0.2, 0.25) is 5.91 Å². The van der Waals surface area contributed by atoms with Crippen LogP contribution >= 0.6 is 23.2 Å². The maximum Gasteiger partial charge on any atom is 0.268 e. The molecule has 1 aliphatic heterocycles. The molecule has 8 heteroatoms. The van der Waals surface area contributed by atoms with Crippen LogP contribution in [0.15, 0.2) is 48.6 Å². The number of primary amides is 1. The highest BCUT2D eigenvalue weighted by Crippen LogP contribution is 2.49. The van der Waals surface area contributed by atoms with Crippen molar-refractivity contribution in [1.82, 2.24) is 0 Å². The van der Waals surface area contributed by atoms with E-state index in [1.165, 1.54) is 17.0 Å². The Kier molecular flexibility index (Phi) is 5.26. The molecule has 0 fully saturated rings. The largest absolute Gasteiger partial charge is 0.372 e. The van der Waals surface area contributed by atoms with Gasteiger partial charge in [-0.2, -0.15) is 0 Å². The highest BCUT2D eigenvalue weighted by atomic mass is 35.5. The Morgan fingerprint density at radius 2 is 1.89 bits per heavy atom. The van der Waals surface area contributed by atoms with E-state index in [-0.39, 0.29) is 33.3 Å². The quantitative estimate of drug-likeness (QED) is 0.662. The van der Waals surface area contributed by atoms with Crippen LogP contribution in [0.3, 0.4) is 0 Å². The van der Waals surface area contributed by atoms with Crippen LogP contribution in [0.5, 0.6) is 0 Å². The van der Waals surface area contributed by atoms with E-state index >= 15 is 0 Å². The summed E-state index contributed by atoms with van der Waals surface area (Å²) in [5, 5.41) is 11.7. The molecule has 27 heavy (non-hydrogen) atoms. The molecule has 0 saturated carbocycles. The number of fused-ring (bicyclic) bond motifs is 1. The van der Waals surface area contributed by atoms with Crippen molar-refractivity contribution < 1.29 is 14.7 Å². The fourth-order valence-electron chi connectivity index (χ4n) is 3.18. The third-order valence-electron chi connectivity index (χ3n) is 4.42. The fraction of sp³-hybridized carbons (Fsp3) is 0.158. The number of carbonyl (C=O) groups excluding carboxylic acids is 2. The molecule has 1 heterocycles. The number of carbonyl (C=O) groups is 2. The van der Waals surface area contributed by atoms with Crippen LogP contribution in [0.25, 0.3) is 0 Å². The van der Waals surface area contributed by atoms with E-state index in [1.807, 2.05) is 0 Å². The van der Waals surface area contributed by atoms with Gasteiger partial charge in [-0.1, -0.05) is 53.6 Å². The van der Waals surface area contributed by atoms with E-state index in [0.717, 1.165) is 0 Å². The average Bonchev–Trinajstić information content (AvgIpc) is 2.85. The first-order valence-electron chi connectivity index (χ1n) is 8.10. The lowest BCUT2D eigenvalue weighted by Gasteiger charge is -2.24. The van der Waals surface area contributed by atoms with Gasteiger partial charge in [0.25, 0.3) is 5.91 Å². The highest BCUT2D eigenvalue weighted by molar-refractivity contribution is 6.35. The second-order valence-electron chi connectivity index (χ2n) is 6.03. The highest BCUT2D eigenvalue weighted by Gasteiger charge is 2.53. The number of amides is 2. The second kappa shape index (κ2) is 7.32. The zero-order valence-corrected chi connectivity index (χ0v) is 15.7. The summed E-state index contributed by atoms with van der Waals surface area (Å²) >= 11 is 12.6. The van der Waals surface area contributed by atoms with Crippen LogP contribution in [-0.4, -0.2) is 30.0 Å². The normalized spacial score (nSPS) is 19.0. The van der Waals surface area contributed by atoms with E-state index < -0.39 is 17.4 Å². The van der Waals surface area contributed by atoms with Crippen molar-refractivity contribution >= 4 is 40.7 Å². The predicted octanol–water partition coefficient (Wildman–Crippen LogP) is 2.19. The Morgan fingerprint density at radius 3 is 2.52 bits per heavy atom. The zero-order valence-electron chi connectivity index (χ0n) is 14.2. The lowest BCUT2D eigenvalue weighted by atomic mass is 9.87. The van der Waals surface area contributed by atoms with Crippen molar-refractivity contribution in [3.8, 4) is 0 Å². The molecule has 0 radical (unpaired) electrons. The SMILES string of the molecule is NCC=CCN1C(=O)C(O)(c2ccccc2Cl)c2c(Cl)cc(C(N)=O)cc21. The van der Waals surface area contributed by atoms with Gasteiger partial charge in [0.15, 0.2) is 5.60 Å². The molecular weight excluding hydrogens is 389 g/mol. The summed E-state index contributed by atoms with van der Waals surface area (Å²) < 4.78 is 0. The molecule has 6 nitrogen and oxygen atoms in total. The van der Waals surface area contributed by atoms with E-state index in [0.29, 0.717) is 12.2 Å². The number of rotatable bonds is 5. The van der Waals surface area contributed by atoms with Crippen molar-refractivity contribution in [2.24, 2.45) is 11.5 Å². The first-order chi connectivity index (χ1) is 12.8. The van der Waals surface area contributed by atoms with Crippen molar-refractivity contribution in [2.45, 2.75) is 5.60 Å². The predicted molar refractivity (Wildman–Crippen MR) is 105 cm³/mol. The maximum absolute atomic E-state index is 13.2. The Bertz CT molecular complexity index is 961. The van der Waals surface area contributed by atoms with Gasteiger partial charge in [-0.25, -0.2) is 0 Å². The summed E-state index contributed by atoms with van der Waals surface area (Å²) in [7, 11) is 0. The standard InChI is InChI=1S/C19H17Cl2N3O3/c20-13-6-2-1-5-12(13)19(27)16-14(21)9-11(17(23)25)10-15(16)24(18(19)26)8-4-3-7-22/h1-6,9-10,27H,7-8,22H2,(H2,23,25). The van der Waals surface area contributed by atoms with Gasteiger partial charge in [0.05, 0.1) is 10.7 Å². The van der Waals surface area contributed by atoms with Gasteiger partial charge in [0.1, 0.15) is 0 Å². The smallest absolute Gasteiger partial charge is 0.268 e. The molecule has 2 aromatic carbocycles. The molecule has 3 rings (SSSR count). The van der Waals surface area contributed by atoms with Gasteiger partial charge >= 0.3 is 0 Å². The lowest BCUT2D eigenvalue weighted by molar-refractivity contribution is -0.132. The third kappa shape index (κ3) is 3.11. The number of anilines is 1. The summed E-state index contributed by atoms with van der Waals surface area (Å²) in [4.78, 5) is 26.2. The summed E-state index contributed by atoms with van der Waals surface area (Å²) in [6.45, 7) is 0.431. The number of hydrogen-bond acceptors (Lipinski definition) is 4. The summed E-state index contributed by atoms with van der Waals surface area (Å²) in [5.41, 5.74) is 9.53. The van der Waals surface area contributed by atoms with Gasteiger partial charge in [0, 0.05) is 34.8 Å². The average molecular weight is 406 g/mol. The van der Waals surface area contributed by atoms with Gasteiger partial charge in [-0.3, -0.25) is 9.59 Å². The first-order valence-corrected chi connectivity index (χ1v) is 8.86. The monoisotopic (exact) mass is 405 g/mol. The van der Waals surface area contributed by atoms with Gasteiger partial charge in [-0.05, 0) is 18.2 Å². The Balaban J connectivity index is 2.28. The van der Waals surface area contributed by atoms with Crippen LogP contribution in [-0.2, 0) is 10.4 Å². The number of hydrogen-bond donors (Lipinski definition) is 3. The summed E-state index contributed by atoms with van der Waals surface area (Å²) in [6, 6.07) is 9.25. The minimum absolute atomic E-state index is 0.0439. The number of nitrogens with two attached hydrogens (primary N) is 2. The molecule has 1 aliphatic rings. The molecule has 0 spiro atoms. The minimum atomic E-state index is -2.09. The Hall–Kier alpha value is -2.38. The van der Waals surface area contributed by atoms with E-state index in [2.05, 4.69) is 0 Å². The molecule has 1 unspecified atom stereocenters. The van der Waals surface area contributed by atoms with Gasteiger partial charge in [-0.15, -0.1) is 0 Å². The minimum Gasteiger partial charge on any atom is -0.372 e. The lowest BCUT2D eigenvalue weighted by Crippen LogP contribution is -2.41. The molecule has 0 bridgehead atoms. The Morgan fingerprint density at radius 1 is 1.19 bits per heavy atom. The molecule has 5 N–H and O–H groups in total. The number of halogens is 2. The molecule has 2 aromatic rings. The van der Waals surface area contributed by atoms with Crippen LogP contribution in [0, 0.1) is 0 Å².